The van der Waals surface area contributed by atoms with Gasteiger partial charge in [-0.15, -0.1) is 6.42 Å². The Labute approximate surface area is 138 Å². The van der Waals surface area contributed by atoms with Gasteiger partial charge < -0.3 is 5.11 Å². The lowest BCUT2D eigenvalue weighted by atomic mass is 9.57. The van der Waals surface area contributed by atoms with Crippen molar-refractivity contribution < 1.29 is 9.90 Å². The van der Waals surface area contributed by atoms with E-state index in [4.69, 9.17) is 6.42 Å². The summed E-state index contributed by atoms with van der Waals surface area (Å²) in [6.07, 6.45) is 18.2. The molecule has 23 heavy (non-hydrogen) atoms. The van der Waals surface area contributed by atoms with Gasteiger partial charge in [-0.1, -0.05) is 31.1 Å². The zero-order valence-corrected chi connectivity index (χ0v) is 13.8. The third-order valence-electron chi connectivity index (χ3n) is 6.91. The largest absolute Gasteiger partial charge is 0.377 e. The van der Waals surface area contributed by atoms with Crippen molar-refractivity contribution in [3.63, 3.8) is 0 Å². The minimum Gasteiger partial charge on any atom is -0.377 e. The van der Waals surface area contributed by atoms with Crippen LogP contribution in [-0.2, 0) is 4.79 Å². The van der Waals surface area contributed by atoms with Gasteiger partial charge in [-0.25, -0.2) is 0 Å². The highest BCUT2D eigenvalue weighted by Gasteiger charge is 2.60. The van der Waals surface area contributed by atoms with Crippen molar-refractivity contribution in [2.75, 3.05) is 0 Å². The lowest BCUT2D eigenvalue weighted by Gasteiger charge is -2.48. The number of fused-ring (bicyclic) bond motifs is 4. The highest BCUT2D eigenvalue weighted by molar-refractivity contribution is 5.84. The first-order chi connectivity index (χ1) is 11.0. The van der Waals surface area contributed by atoms with Crippen LogP contribution >= 0.6 is 0 Å². The fourth-order valence-electron chi connectivity index (χ4n) is 5.68. The van der Waals surface area contributed by atoms with Crippen LogP contribution in [0.1, 0.15) is 51.9 Å². The topological polar surface area (TPSA) is 37.3 Å². The van der Waals surface area contributed by atoms with Crippen LogP contribution in [0.15, 0.2) is 34.9 Å². The molecule has 4 rings (SSSR count). The summed E-state index contributed by atoms with van der Waals surface area (Å²) in [6, 6.07) is 0. The molecule has 2 heteroatoms. The molecule has 0 aliphatic heterocycles. The Morgan fingerprint density at radius 1 is 1.43 bits per heavy atom. The van der Waals surface area contributed by atoms with E-state index in [1.165, 1.54) is 16.7 Å². The number of ketones is 1. The number of hydrogen-bond donors (Lipinski definition) is 1. The molecule has 0 radical (unpaired) electrons. The van der Waals surface area contributed by atoms with Gasteiger partial charge in [0.15, 0.2) is 0 Å². The standard InChI is InChI=1S/C21H24O2/c1-3-20-11-9-17-16-8-6-15(22)13-14(16)5-7-18(17)19(20)10-12-21(20,23)4-2/h2,5,9,11,18-19,23H,3,6-8,10,12-13H2,1H3/t18-,19+,20-,21-/m1/s1. The van der Waals surface area contributed by atoms with Crippen molar-refractivity contribution >= 4 is 5.78 Å². The Morgan fingerprint density at radius 2 is 2.26 bits per heavy atom. The first-order valence-corrected chi connectivity index (χ1v) is 8.88. The van der Waals surface area contributed by atoms with E-state index in [1.54, 1.807) is 0 Å². The molecule has 0 aromatic carbocycles. The summed E-state index contributed by atoms with van der Waals surface area (Å²) in [5, 5.41) is 11.0. The number of Topliss-reactive ketones (excluding diaryl/α,β-unsaturated/α-hetero) is 1. The van der Waals surface area contributed by atoms with Gasteiger partial charge in [-0.3, -0.25) is 4.79 Å². The van der Waals surface area contributed by atoms with E-state index in [2.05, 4.69) is 31.1 Å². The maximum absolute atomic E-state index is 11.7. The second-order valence-corrected chi connectivity index (χ2v) is 7.60. The first kappa shape index (κ1) is 15.0. The fourth-order valence-corrected chi connectivity index (χ4v) is 5.68. The Balaban J connectivity index is 1.81. The maximum atomic E-state index is 11.7. The van der Waals surface area contributed by atoms with Crippen molar-refractivity contribution in [1.29, 1.82) is 0 Å². The van der Waals surface area contributed by atoms with Crippen LogP contribution in [-0.4, -0.2) is 16.5 Å². The molecule has 0 heterocycles. The van der Waals surface area contributed by atoms with Crippen LogP contribution in [0.2, 0.25) is 0 Å². The van der Waals surface area contributed by atoms with Gasteiger partial charge in [-0.2, -0.15) is 0 Å². The van der Waals surface area contributed by atoms with Gasteiger partial charge in [0.2, 0.25) is 0 Å². The van der Waals surface area contributed by atoms with Crippen LogP contribution in [0.3, 0.4) is 0 Å². The second-order valence-electron chi connectivity index (χ2n) is 7.60. The third kappa shape index (κ3) is 1.83. The molecule has 0 bridgehead atoms. The summed E-state index contributed by atoms with van der Waals surface area (Å²) in [5.41, 5.74) is 2.78. The predicted molar refractivity (Wildman–Crippen MR) is 90.4 cm³/mol. The van der Waals surface area contributed by atoms with Crippen LogP contribution in [0.25, 0.3) is 0 Å². The third-order valence-corrected chi connectivity index (χ3v) is 6.91. The number of terminal acetylenes is 1. The van der Waals surface area contributed by atoms with E-state index in [9.17, 15) is 9.90 Å². The van der Waals surface area contributed by atoms with Crippen LogP contribution in [0.5, 0.6) is 0 Å². The Hall–Kier alpha value is -1.59. The molecule has 1 N–H and O–H groups in total. The molecule has 0 amide bonds. The van der Waals surface area contributed by atoms with Crippen LogP contribution in [0.4, 0.5) is 0 Å². The number of carbonyl (C=O) groups is 1. The van der Waals surface area contributed by atoms with Crippen molar-refractivity contribution in [2.45, 2.75) is 57.5 Å². The average Bonchev–Trinajstić information content (AvgIpc) is 2.88. The summed E-state index contributed by atoms with van der Waals surface area (Å²) in [6.45, 7) is 2.15. The second kappa shape index (κ2) is 4.95. The minimum atomic E-state index is -1.01. The molecule has 4 aliphatic rings. The van der Waals surface area contributed by atoms with Gasteiger partial charge in [0, 0.05) is 18.3 Å². The molecule has 2 saturated carbocycles. The highest BCUT2D eigenvalue weighted by Crippen LogP contribution is 2.61. The van der Waals surface area contributed by atoms with Gasteiger partial charge in [0.1, 0.15) is 11.4 Å². The number of rotatable bonds is 1. The number of carbonyl (C=O) groups excluding carboxylic acids is 1. The Morgan fingerprint density at radius 3 is 3.00 bits per heavy atom. The smallest absolute Gasteiger partial charge is 0.137 e. The molecule has 4 atom stereocenters. The molecule has 0 aromatic rings. The fraction of sp³-hybridized carbons (Fsp3) is 0.571. The molecule has 0 aromatic heterocycles. The van der Waals surface area contributed by atoms with E-state index in [0.29, 0.717) is 36.9 Å². The summed E-state index contributed by atoms with van der Waals surface area (Å²) in [4.78, 5) is 11.7. The van der Waals surface area contributed by atoms with Crippen LogP contribution in [0, 0.1) is 29.6 Å². The molecular weight excluding hydrogens is 284 g/mol. The number of aliphatic hydroxyl groups is 1. The van der Waals surface area contributed by atoms with Gasteiger partial charge >= 0.3 is 0 Å². The summed E-state index contributed by atoms with van der Waals surface area (Å²) < 4.78 is 0. The van der Waals surface area contributed by atoms with Gasteiger partial charge in [-0.05, 0) is 60.7 Å². The quantitative estimate of drug-likeness (QED) is 0.750. The van der Waals surface area contributed by atoms with E-state index in [0.717, 1.165) is 25.7 Å². The minimum absolute atomic E-state index is 0.285. The normalized spacial score (nSPS) is 41.8. The summed E-state index contributed by atoms with van der Waals surface area (Å²) in [5.74, 6) is 3.95. The molecule has 0 spiro atoms. The maximum Gasteiger partial charge on any atom is 0.137 e. The molecule has 2 fully saturated rings. The number of hydrogen-bond acceptors (Lipinski definition) is 2. The van der Waals surface area contributed by atoms with Crippen LogP contribution < -0.4 is 0 Å². The molecule has 0 saturated heterocycles. The lowest BCUT2D eigenvalue weighted by Crippen LogP contribution is -2.48. The zero-order valence-electron chi connectivity index (χ0n) is 13.8. The molecule has 0 unspecified atom stereocenters. The summed E-state index contributed by atoms with van der Waals surface area (Å²) in [7, 11) is 0. The van der Waals surface area contributed by atoms with E-state index >= 15 is 0 Å². The SMILES string of the molecule is C#C[C@@]1(O)CC[C@H]2[C@@H]3CC=C4CC(=O)CCC4=C3C=C[C@]21CC. The van der Waals surface area contributed by atoms with Crippen molar-refractivity contribution in [1.82, 2.24) is 0 Å². The average molecular weight is 308 g/mol. The Kier molecular flexibility index (Phi) is 3.22. The first-order valence-electron chi connectivity index (χ1n) is 8.88. The number of allylic oxidation sites excluding steroid dienone is 5. The van der Waals surface area contributed by atoms with Crippen molar-refractivity contribution in [2.24, 2.45) is 17.3 Å². The zero-order chi connectivity index (χ0) is 16.2. The Bertz CT molecular complexity index is 702. The van der Waals surface area contributed by atoms with E-state index in [1.807, 2.05) is 0 Å². The van der Waals surface area contributed by atoms with Gasteiger partial charge in [0.05, 0.1) is 0 Å². The van der Waals surface area contributed by atoms with Crippen molar-refractivity contribution in [3.05, 3.63) is 34.9 Å². The van der Waals surface area contributed by atoms with Crippen molar-refractivity contribution in [3.8, 4) is 12.3 Å². The molecule has 4 aliphatic carbocycles. The lowest BCUT2D eigenvalue weighted by molar-refractivity contribution is -0.118. The predicted octanol–water partition coefficient (Wildman–Crippen LogP) is 3.72. The summed E-state index contributed by atoms with van der Waals surface area (Å²) >= 11 is 0. The molecule has 2 nitrogen and oxygen atoms in total. The molecule has 120 valence electrons. The molecular formula is C21H24O2. The van der Waals surface area contributed by atoms with E-state index in [-0.39, 0.29) is 5.41 Å². The monoisotopic (exact) mass is 308 g/mol. The highest BCUT2D eigenvalue weighted by atomic mass is 16.3. The van der Waals surface area contributed by atoms with E-state index < -0.39 is 5.60 Å². The van der Waals surface area contributed by atoms with Gasteiger partial charge in [0.25, 0.3) is 0 Å².